The fourth-order valence-corrected chi connectivity index (χ4v) is 2.43. The molecule has 1 N–H and O–H groups in total. The molecule has 0 bridgehead atoms. The zero-order valence-electron chi connectivity index (χ0n) is 12.7. The fourth-order valence-electron chi connectivity index (χ4n) is 2.43. The number of hydrogen-bond acceptors (Lipinski definition) is 3. The number of likely N-dealkylation sites (tertiary alicyclic amines) is 1. The average Bonchev–Trinajstić information content (AvgIpc) is 2.32. The number of nitrogens with zero attached hydrogens (tertiary/aromatic N) is 1. The van der Waals surface area contributed by atoms with Crippen molar-refractivity contribution in [3.63, 3.8) is 0 Å². The van der Waals surface area contributed by atoms with Crippen LogP contribution in [0.25, 0.3) is 0 Å². The van der Waals surface area contributed by atoms with Crippen molar-refractivity contribution in [2.45, 2.75) is 46.6 Å². The molecule has 1 fully saturated rings. The summed E-state index contributed by atoms with van der Waals surface area (Å²) in [6.07, 6.45) is 2.84. The van der Waals surface area contributed by atoms with Gasteiger partial charge in [-0.3, -0.25) is 0 Å². The van der Waals surface area contributed by atoms with E-state index in [1.165, 1.54) is 26.1 Å². The SMILES string of the molecule is CC(C)OCCCNCCN1CCC(C)C(C)C1. The summed E-state index contributed by atoms with van der Waals surface area (Å²) in [5.41, 5.74) is 0. The van der Waals surface area contributed by atoms with Crippen LogP contribution in [0.3, 0.4) is 0 Å². The van der Waals surface area contributed by atoms with Gasteiger partial charge >= 0.3 is 0 Å². The molecular weight excluding hydrogens is 224 g/mol. The van der Waals surface area contributed by atoms with Crippen molar-refractivity contribution in [3.8, 4) is 0 Å². The third-order valence-electron chi connectivity index (χ3n) is 3.97. The lowest BCUT2D eigenvalue weighted by Gasteiger charge is -2.35. The third kappa shape index (κ3) is 6.72. The van der Waals surface area contributed by atoms with Crippen LogP contribution in [0.15, 0.2) is 0 Å². The van der Waals surface area contributed by atoms with Crippen LogP contribution in [0.4, 0.5) is 0 Å². The Morgan fingerprint density at radius 1 is 1.22 bits per heavy atom. The van der Waals surface area contributed by atoms with E-state index in [1.54, 1.807) is 0 Å². The topological polar surface area (TPSA) is 24.5 Å². The van der Waals surface area contributed by atoms with Gasteiger partial charge in [0.1, 0.15) is 0 Å². The van der Waals surface area contributed by atoms with Gasteiger partial charge < -0.3 is 15.0 Å². The molecule has 3 nitrogen and oxygen atoms in total. The van der Waals surface area contributed by atoms with Crippen LogP contribution in [0.1, 0.15) is 40.5 Å². The normalized spacial score (nSPS) is 25.8. The summed E-state index contributed by atoms with van der Waals surface area (Å²) in [5.74, 6) is 1.76. The van der Waals surface area contributed by atoms with Gasteiger partial charge in [0.05, 0.1) is 6.10 Å². The van der Waals surface area contributed by atoms with E-state index in [-0.39, 0.29) is 0 Å². The standard InChI is InChI=1S/C15H32N2O/c1-13(2)18-11-5-7-16-8-10-17-9-6-14(3)15(4)12-17/h13-16H,5-12H2,1-4H3. The second-order valence-corrected chi connectivity index (χ2v) is 6.07. The minimum atomic E-state index is 0.363. The molecule has 2 unspecified atom stereocenters. The van der Waals surface area contributed by atoms with Crippen molar-refractivity contribution >= 4 is 0 Å². The van der Waals surface area contributed by atoms with E-state index < -0.39 is 0 Å². The minimum Gasteiger partial charge on any atom is -0.379 e. The maximum atomic E-state index is 5.51. The van der Waals surface area contributed by atoms with E-state index in [2.05, 4.69) is 37.9 Å². The van der Waals surface area contributed by atoms with Crippen LogP contribution in [0.2, 0.25) is 0 Å². The molecule has 1 heterocycles. The van der Waals surface area contributed by atoms with E-state index >= 15 is 0 Å². The molecule has 0 radical (unpaired) electrons. The maximum absolute atomic E-state index is 5.51. The quantitative estimate of drug-likeness (QED) is 0.675. The van der Waals surface area contributed by atoms with E-state index in [1.807, 2.05) is 0 Å². The Bertz CT molecular complexity index is 209. The van der Waals surface area contributed by atoms with Gasteiger partial charge in [0.25, 0.3) is 0 Å². The number of ether oxygens (including phenoxy) is 1. The van der Waals surface area contributed by atoms with E-state index in [9.17, 15) is 0 Å². The smallest absolute Gasteiger partial charge is 0.0518 e. The molecular formula is C15H32N2O. The maximum Gasteiger partial charge on any atom is 0.0518 e. The predicted octanol–water partition coefficient (Wildman–Crippen LogP) is 2.37. The largest absolute Gasteiger partial charge is 0.379 e. The Morgan fingerprint density at radius 3 is 2.67 bits per heavy atom. The lowest BCUT2D eigenvalue weighted by atomic mass is 9.89. The molecule has 1 rings (SSSR count). The molecule has 0 amide bonds. The van der Waals surface area contributed by atoms with Gasteiger partial charge in [0.2, 0.25) is 0 Å². The second-order valence-electron chi connectivity index (χ2n) is 6.07. The molecule has 0 aromatic rings. The first-order valence-electron chi connectivity index (χ1n) is 7.64. The van der Waals surface area contributed by atoms with E-state index in [4.69, 9.17) is 4.74 Å². The van der Waals surface area contributed by atoms with Gasteiger partial charge in [0, 0.05) is 26.2 Å². The molecule has 0 aromatic heterocycles. The Morgan fingerprint density at radius 2 is 2.00 bits per heavy atom. The minimum absolute atomic E-state index is 0.363. The Hall–Kier alpha value is -0.120. The van der Waals surface area contributed by atoms with Gasteiger partial charge in [-0.25, -0.2) is 0 Å². The van der Waals surface area contributed by atoms with Crippen molar-refractivity contribution in [2.75, 3.05) is 39.3 Å². The van der Waals surface area contributed by atoms with Gasteiger partial charge in [-0.05, 0) is 51.6 Å². The number of nitrogens with one attached hydrogen (secondary N) is 1. The molecule has 3 heteroatoms. The van der Waals surface area contributed by atoms with Gasteiger partial charge in [-0.2, -0.15) is 0 Å². The number of piperidine rings is 1. The first kappa shape index (κ1) is 15.9. The van der Waals surface area contributed by atoms with Crippen LogP contribution in [0.5, 0.6) is 0 Å². The van der Waals surface area contributed by atoms with Crippen molar-refractivity contribution in [1.29, 1.82) is 0 Å². The Kier molecular flexibility index (Phi) is 7.87. The lowest BCUT2D eigenvalue weighted by molar-refractivity contribution is 0.0768. The molecule has 18 heavy (non-hydrogen) atoms. The highest BCUT2D eigenvalue weighted by molar-refractivity contribution is 4.75. The summed E-state index contributed by atoms with van der Waals surface area (Å²) in [6.45, 7) is 15.8. The molecule has 1 aliphatic rings. The van der Waals surface area contributed by atoms with Crippen molar-refractivity contribution in [2.24, 2.45) is 11.8 Å². The highest BCUT2D eigenvalue weighted by Crippen LogP contribution is 2.21. The summed E-state index contributed by atoms with van der Waals surface area (Å²) in [6, 6.07) is 0. The monoisotopic (exact) mass is 256 g/mol. The van der Waals surface area contributed by atoms with E-state index in [0.29, 0.717) is 6.10 Å². The predicted molar refractivity (Wildman–Crippen MR) is 78.0 cm³/mol. The Balaban J connectivity index is 1.92. The highest BCUT2D eigenvalue weighted by Gasteiger charge is 2.21. The molecule has 108 valence electrons. The number of rotatable bonds is 8. The van der Waals surface area contributed by atoms with Crippen LogP contribution < -0.4 is 5.32 Å². The first-order chi connectivity index (χ1) is 8.59. The van der Waals surface area contributed by atoms with Crippen LogP contribution in [-0.4, -0.2) is 50.3 Å². The van der Waals surface area contributed by atoms with Crippen molar-refractivity contribution in [3.05, 3.63) is 0 Å². The highest BCUT2D eigenvalue weighted by atomic mass is 16.5. The van der Waals surface area contributed by atoms with Gasteiger partial charge in [-0.1, -0.05) is 13.8 Å². The van der Waals surface area contributed by atoms with E-state index in [0.717, 1.165) is 38.0 Å². The molecule has 0 saturated carbocycles. The Labute approximate surface area is 113 Å². The van der Waals surface area contributed by atoms with Crippen LogP contribution in [0, 0.1) is 11.8 Å². The summed E-state index contributed by atoms with van der Waals surface area (Å²) >= 11 is 0. The zero-order valence-corrected chi connectivity index (χ0v) is 12.7. The molecule has 0 aliphatic carbocycles. The summed E-state index contributed by atoms with van der Waals surface area (Å²) in [4.78, 5) is 2.60. The second kappa shape index (κ2) is 8.89. The average molecular weight is 256 g/mol. The first-order valence-corrected chi connectivity index (χ1v) is 7.64. The van der Waals surface area contributed by atoms with Gasteiger partial charge in [-0.15, -0.1) is 0 Å². The third-order valence-corrected chi connectivity index (χ3v) is 3.97. The zero-order chi connectivity index (χ0) is 13.4. The van der Waals surface area contributed by atoms with Crippen LogP contribution >= 0.6 is 0 Å². The number of hydrogen-bond donors (Lipinski definition) is 1. The van der Waals surface area contributed by atoms with Crippen molar-refractivity contribution < 1.29 is 4.74 Å². The summed E-state index contributed by atoms with van der Waals surface area (Å²) < 4.78 is 5.51. The summed E-state index contributed by atoms with van der Waals surface area (Å²) in [5, 5.41) is 3.51. The fraction of sp³-hybridized carbons (Fsp3) is 1.00. The van der Waals surface area contributed by atoms with Crippen molar-refractivity contribution in [1.82, 2.24) is 10.2 Å². The molecule has 1 aliphatic heterocycles. The molecule has 0 spiro atoms. The molecule has 0 aromatic carbocycles. The summed E-state index contributed by atoms with van der Waals surface area (Å²) in [7, 11) is 0. The van der Waals surface area contributed by atoms with Crippen LogP contribution in [-0.2, 0) is 4.74 Å². The lowest BCUT2D eigenvalue weighted by Crippen LogP contribution is -2.41. The molecule has 1 saturated heterocycles. The molecule has 2 atom stereocenters. The van der Waals surface area contributed by atoms with Gasteiger partial charge in [0.15, 0.2) is 0 Å².